The number of rotatable bonds is 5. The summed E-state index contributed by atoms with van der Waals surface area (Å²) in [5.74, 6) is 0.548. The number of hydrogen-bond donors (Lipinski definition) is 0. The van der Waals surface area contributed by atoms with Crippen LogP contribution in [0, 0.1) is 12.8 Å². The Bertz CT molecular complexity index is 322. The predicted octanol–water partition coefficient (Wildman–Crippen LogP) is 4.49. The summed E-state index contributed by atoms with van der Waals surface area (Å²) >= 11 is 3.53. The van der Waals surface area contributed by atoms with E-state index in [4.69, 9.17) is 4.74 Å². The van der Waals surface area contributed by atoms with Crippen LogP contribution in [0.25, 0.3) is 0 Å². The highest BCUT2D eigenvalue weighted by atomic mass is 79.9. The average Bonchev–Trinajstić information content (AvgIpc) is 2.25. The first-order valence-electron chi connectivity index (χ1n) is 5.82. The van der Waals surface area contributed by atoms with Crippen molar-refractivity contribution in [1.29, 1.82) is 0 Å². The maximum atomic E-state index is 6.06. The number of benzene rings is 1. The second-order valence-corrected chi connectivity index (χ2v) is 5.29. The lowest BCUT2D eigenvalue weighted by atomic mass is 10.1. The van der Waals surface area contributed by atoms with Crippen molar-refractivity contribution in [2.45, 2.75) is 39.9 Å². The lowest BCUT2D eigenvalue weighted by Gasteiger charge is -2.24. The molecule has 0 aliphatic rings. The molecule has 90 valence electrons. The molecule has 2 atom stereocenters. The largest absolute Gasteiger partial charge is 0.369 e. The zero-order valence-corrected chi connectivity index (χ0v) is 12.1. The van der Waals surface area contributed by atoms with E-state index in [2.05, 4.69) is 67.9 Å². The highest BCUT2D eigenvalue weighted by Crippen LogP contribution is 2.24. The minimum Gasteiger partial charge on any atom is -0.369 e. The van der Waals surface area contributed by atoms with E-state index in [0.717, 1.165) is 5.33 Å². The quantitative estimate of drug-likeness (QED) is 0.724. The van der Waals surface area contributed by atoms with Crippen molar-refractivity contribution in [3.05, 3.63) is 35.4 Å². The lowest BCUT2D eigenvalue weighted by Crippen LogP contribution is -2.20. The van der Waals surface area contributed by atoms with Crippen LogP contribution in [-0.4, -0.2) is 11.4 Å². The first kappa shape index (κ1) is 13.7. The topological polar surface area (TPSA) is 9.23 Å². The van der Waals surface area contributed by atoms with Crippen molar-refractivity contribution in [2.75, 3.05) is 5.33 Å². The van der Waals surface area contributed by atoms with Crippen LogP contribution in [0.2, 0.25) is 0 Å². The summed E-state index contributed by atoms with van der Waals surface area (Å²) in [6, 6.07) is 8.52. The monoisotopic (exact) mass is 284 g/mol. The van der Waals surface area contributed by atoms with E-state index in [-0.39, 0.29) is 12.2 Å². The fourth-order valence-electron chi connectivity index (χ4n) is 1.49. The zero-order chi connectivity index (χ0) is 12.1. The molecule has 0 fully saturated rings. The Balaban J connectivity index is 2.74. The van der Waals surface area contributed by atoms with Gasteiger partial charge in [0, 0.05) is 5.33 Å². The van der Waals surface area contributed by atoms with Gasteiger partial charge in [0.2, 0.25) is 0 Å². The van der Waals surface area contributed by atoms with Crippen LogP contribution < -0.4 is 0 Å². The Hall–Kier alpha value is -0.340. The molecule has 0 amide bonds. The molecule has 0 bridgehead atoms. The van der Waals surface area contributed by atoms with E-state index >= 15 is 0 Å². The average molecular weight is 285 g/mol. The molecule has 1 nitrogen and oxygen atoms in total. The maximum Gasteiger partial charge on any atom is 0.0925 e. The van der Waals surface area contributed by atoms with Crippen molar-refractivity contribution in [3.8, 4) is 0 Å². The van der Waals surface area contributed by atoms with Gasteiger partial charge in [0.1, 0.15) is 0 Å². The molecule has 16 heavy (non-hydrogen) atoms. The summed E-state index contributed by atoms with van der Waals surface area (Å²) < 4.78 is 6.06. The van der Waals surface area contributed by atoms with E-state index < -0.39 is 0 Å². The molecule has 2 heteroatoms. The van der Waals surface area contributed by atoms with Gasteiger partial charge in [0.05, 0.1) is 12.2 Å². The highest BCUT2D eigenvalue weighted by molar-refractivity contribution is 9.09. The van der Waals surface area contributed by atoms with Gasteiger partial charge in [-0.3, -0.25) is 0 Å². The third-order valence-electron chi connectivity index (χ3n) is 2.87. The van der Waals surface area contributed by atoms with E-state index in [1.807, 2.05) is 0 Å². The Kier molecular flexibility index (Phi) is 5.50. The molecular formula is C14H21BrO. The van der Waals surface area contributed by atoms with Crippen molar-refractivity contribution in [2.24, 2.45) is 5.92 Å². The fraction of sp³-hybridized carbons (Fsp3) is 0.571. The van der Waals surface area contributed by atoms with Gasteiger partial charge in [-0.15, -0.1) is 0 Å². The van der Waals surface area contributed by atoms with Crippen LogP contribution in [-0.2, 0) is 4.74 Å². The molecule has 0 heterocycles. The Morgan fingerprint density at radius 2 is 1.94 bits per heavy atom. The Morgan fingerprint density at radius 3 is 2.44 bits per heavy atom. The standard InChI is InChI=1S/C14H21BrO/c1-10(2)12(4)16-14(9-15)13-7-5-6-11(3)8-13/h5-8,10,12,14H,9H2,1-4H3. The number of alkyl halides is 1. The van der Waals surface area contributed by atoms with Crippen molar-refractivity contribution in [1.82, 2.24) is 0 Å². The van der Waals surface area contributed by atoms with Gasteiger partial charge in [0.25, 0.3) is 0 Å². The summed E-state index contributed by atoms with van der Waals surface area (Å²) in [5, 5.41) is 0.841. The molecular weight excluding hydrogens is 264 g/mol. The maximum absolute atomic E-state index is 6.06. The van der Waals surface area contributed by atoms with Gasteiger partial charge < -0.3 is 4.74 Å². The number of halogens is 1. The molecule has 0 saturated heterocycles. The molecule has 0 saturated carbocycles. The summed E-state index contributed by atoms with van der Waals surface area (Å²) in [6.45, 7) is 8.62. The predicted molar refractivity (Wildman–Crippen MR) is 73.1 cm³/mol. The number of ether oxygens (including phenoxy) is 1. The van der Waals surface area contributed by atoms with Crippen LogP contribution in [0.1, 0.15) is 38.0 Å². The van der Waals surface area contributed by atoms with Crippen molar-refractivity contribution < 1.29 is 4.74 Å². The molecule has 0 spiro atoms. The summed E-state index contributed by atoms with van der Waals surface area (Å²) in [6.07, 6.45) is 0.431. The third-order valence-corrected chi connectivity index (χ3v) is 3.46. The first-order valence-corrected chi connectivity index (χ1v) is 6.94. The molecule has 2 unspecified atom stereocenters. The summed E-state index contributed by atoms with van der Waals surface area (Å²) in [7, 11) is 0. The van der Waals surface area contributed by atoms with Crippen LogP contribution in [0.3, 0.4) is 0 Å². The summed E-state index contributed by atoms with van der Waals surface area (Å²) in [4.78, 5) is 0. The second kappa shape index (κ2) is 6.41. The molecule has 0 aromatic heterocycles. The van der Waals surface area contributed by atoms with E-state index in [9.17, 15) is 0 Å². The second-order valence-electron chi connectivity index (χ2n) is 4.64. The smallest absolute Gasteiger partial charge is 0.0925 e. The normalized spacial score (nSPS) is 15.1. The van der Waals surface area contributed by atoms with Crippen LogP contribution in [0.5, 0.6) is 0 Å². The van der Waals surface area contributed by atoms with Crippen LogP contribution in [0.15, 0.2) is 24.3 Å². The molecule has 0 aliphatic heterocycles. The van der Waals surface area contributed by atoms with Crippen molar-refractivity contribution >= 4 is 15.9 Å². The molecule has 0 N–H and O–H groups in total. The Labute approximate surface area is 107 Å². The fourth-order valence-corrected chi connectivity index (χ4v) is 2.02. The van der Waals surface area contributed by atoms with Crippen LogP contribution in [0.4, 0.5) is 0 Å². The van der Waals surface area contributed by atoms with Crippen molar-refractivity contribution in [3.63, 3.8) is 0 Å². The third kappa shape index (κ3) is 3.91. The molecule has 1 aromatic rings. The lowest BCUT2D eigenvalue weighted by molar-refractivity contribution is -0.0142. The van der Waals surface area contributed by atoms with E-state index in [0.29, 0.717) is 5.92 Å². The number of hydrogen-bond acceptors (Lipinski definition) is 1. The molecule has 1 rings (SSSR count). The SMILES string of the molecule is Cc1cccc(C(CBr)OC(C)C(C)C)c1. The van der Waals surface area contributed by atoms with Gasteiger partial charge in [-0.05, 0) is 25.3 Å². The van der Waals surface area contributed by atoms with E-state index in [1.54, 1.807) is 0 Å². The van der Waals surface area contributed by atoms with Gasteiger partial charge in [-0.1, -0.05) is 59.6 Å². The van der Waals surface area contributed by atoms with Gasteiger partial charge >= 0.3 is 0 Å². The van der Waals surface area contributed by atoms with Crippen LogP contribution >= 0.6 is 15.9 Å². The Morgan fingerprint density at radius 1 is 1.25 bits per heavy atom. The summed E-state index contributed by atoms with van der Waals surface area (Å²) in [5.41, 5.74) is 2.54. The van der Waals surface area contributed by atoms with Gasteiger partial charge in [-0.2, -0.15) is 0 Å². The minimum atomic E-state index is 0.150. The molecule has 1 aromatic carbocycles. The number of aryl methyl sites for hydroxylation is 1. The van der Waals surface area contributed by atoms with Gasteiger partial charge in [-0.25, -0.2) is 0 Å². The van der Waals surface area contributed by atoms with E-state index in [1.165, 1.54) is 11.1 Å². The highest BCUT2D eigenvalue weighted by Gasteiger charge is 2.16. The molecule has 0 aliphatic carbocycles. The zero-order valence-electron chi connectivity index (χ0n) is 10.5. The van der Waals surface area contributed by atoms with Gasteiger partial charge in [0.15, 0.2) is 0 Å². The first-order chi connectivity index (χ1) is 7.54. The molecule has 0 radical (unpaired) electrons. The minimum absolute atomic E-state index is 0.150.